The van der Waals surface area contributed by atoms with Crippen LogP contribution in [0.15, 0.2) is 27.5 Å². The fourth-order valence-corrected chi connectivity index (χ4v) is 2.47. The summed E-state index contributed by atoms with van der Waals surface area (Å²) in [5.41, 5.74) is 7.47. The number of oxazole rings is 1. The van der Waals surface area contributed by atoms with Crippen molar-refractivity contribution in [2.45, 2.75) is 30.4 Å². The van der Waals surface area contributed by atoms with Crippen molar-refractivity contribution >= 4 is 22.9 Å². The maximum Gasteiger partial charge on any atom is 0.192 e. The van der Waals surface area contributed by atoms with E-state index in [2.05, 4.69) is 24.9 Å². The van der Waals surface area contributed by atoms with Gasteiger partial charge in [-0.15, -0.1) is 11.8 Å². The highest BCUT2D eigenvalue weighted by atomic mass is 32.2. The third-order valence-corrected chi connectivity index (χ3v) is 3.56. The number of nitrogens with zero attached hydrogens (tertiary/aromatic N) is 1. The van der Waals surface area contributed by atoms with Crippen molar-refractivity contribution in [3.05, 3.63) is 24.1 Å². The zero-order valence-corrected chi connectivity index (χ0v) is 10.6. The van der Waals surface area contributed by atoms with Crippen molar-refractivity contribution in [2.24, 2.45) is 5.73 Å². The number of hydrogen-bond acceptors (Lipinski definition) is 4. The van der Waals surface area contributed by atoms with Crippen LogP contribution in [0, 0.1) is 6.92 Å². The van der Waals surface area contributed by atoms with E-state index in [9.17, 15) is 0 Å². The highest BCUT2D eigenvalue weighted by Crippen LogP contribution is 2.33. The van der Waals surface area contributed by atoms with Crippen LogP contribution in [0.5, 0.6) is 0 Å². The van der Waals surface area contributed by atoms with Crippen molar-refractivity contribution < 1.29 is 4.42 Å². The van der Waals surface area contributed by atoms with Gasteiger partial charge in [-0.1, -0.05) is 0 Å². The third-order valence-electron chi connectivity index (χ3n) is 2.35. The van der Waals surface area contributed by atoms with Gasteiger partial charge in [0.25, 0.3) is 0 Å². The molecule has 86 valence electrons. The number of nitrogens with two attached hydrogens (primary N) is 1. The number of thioether (sulfide) groups is 1. The molecule has 2 rings (SSSR count). The average molecular weight is 236 g/mol. The van der Waals surface area contributed by atoms with E-state index >= 15 is 0 Å². The van der Waals surface area contributed by atoms with Crippen LogP contribution < -0.4 is 5.73 Å². The van der Waals surface area contributed by atoms with Gasteiger partial charge in [0.05, 0.1) is 0 Å². The van der Waals surface area contributed by atoms with Crippen LogP contribution in [0.2, 0.25) is 0 Å². The van der Waals surface area contributed by atoms with E-state index in [1.807, 2.05) is 19.1 Å². The zero-order chi connectivity index (χ0) is 11.8. The maximum atomic E-state index is 5.72. The summed E-state index contributed by atoms with van der Waals surface area (Å²) in [5, 5.41) is 0. The quantitative estimate of drug-likeness (QED) is 0.832. The number of rotatable bonds is 3. The van der Waals surface area contributed by atoms with Gasteiger partial charge in [-0.25, -0.2) is 4.98 Å². The van der Waals surface area contributed by atoms with Gasteiger partial charge in [0, 0.05) is 23.1 Å². The lowest BCUT2D eigenvalue weighted by Crippen LogP contribution is -2.26. The topological polar surface area (TPSA) is 52.0 Å². The largest absolute Gasteiger partial charge is 0.441 e. The molecular formula is C12H16N2OS. The highest BCUT2D eigenvalue weighted by Gasteiger charge is 2.17. The van der Waals surface area contributed by atoms with Crippen molar-refractivity contribution in [3.63, 3.8) is 0 Å². The second-order valence-electron chi connectivity index (χ2n) is 4.43. The molecule has 0 unspecified atom stereocenters. The molecule has 0 aliphatic rings. The minimum absolute atomic E-state index is 0.0481. The number of aryl methyl sites for hydroxylation is 1. The standard InChI is InChI=1S/C12H16N2OS/c1-8-14-10-6-9(4-5-11(10)15-8)16-12(2,3)7-13/h4-6H,7,13H2,1-3H3. The van der Waals surface area contributed by atoms with Gasteiger partial charge in [-0.05, 0) is 32.0 Å². The first kappa shape index (κ1) is 11.5. The average Bonchev–Trinajstić information content (AvgIpc) is 2.57. The molecule has 16 heavy (non-hydrogen) atoms. The second kappa shape index (κ2) is 4.11. The van der Waals surface area contributed by atoms with Crippen LogP contribution in [0.1, 0.15) is 19.7 Å². The first-order chi connectivity index (χ1) is 7.50. The lowest BCUT2D eigenvalue weighted by atomic mass is 10.2. The molecule has 0 spiro atoms. The summed E-state index contributed by atoms with van der Waals surface area (Å²) in [6, 6.07) is 6.06. The van der Waals surface area contributed by atoms with Crippen molar-refractivity contribution in [1.82, 2.24) is 4.98 Å². The molecule has 0 saturated heterocycles. The Kier molecular flexibility index (Phi) is 2.95. The Hall–Kier alpha value is -1.00. The Bertz CT molecular complexity index is 505. The number of fused-ring (bicyclic) bond motifs is 1. The molecule has 2 aromatic rings. The number of benzene rings is 1. The monoisotopic (exact) mass is 236 g/mol. The van der Waals surface area contributed by atoms with Gasteiger partial charge in [-0.2, -0.15) is 0 Å². The fraction of sp³-hybridized carbons (Fsp3) is 0.417. The summed E-state index contributed by atoms with van der Waals surface area (Å²) >= 11 is 1.76. The molecule has 0 bridgehead atoms. The Labute approximate surface area is 99.4 Å². The minimum atomic E-state index is 0.0481. The van der Waals surface area contributed by atoms with Crippen LogP contribution in [-0.4, -0.2) is 16.3 Å². The predicted molar refractivity (Wildman–Crippen MR) is 67.7 cm³/mol. The normalized spacial score (nSPS) is 12.2. The molecule has 1 aromatic heterocycles. The fourth-order valence-electron chi connectivity index (χ4n) is 1.45. The Morgan fingerprint density at radius 2 is 2.19 bits per heavy atom. The Morgan fingerprint density at radius 1 is 1.44 bits per heavy atom. The maximum absolute atomic E-state index is 5.72. The van der Waals surface area contributed by atoms with Crippen molar-refractivity contribution in [3.8, 4) is 0 Å². The van der Waals surface area contributed by atoms with Crippen LogP contribution in [0.25, 0.3) is 11.1 Å². The highest BCUT2D eigenvalue weighted by molar-refractivity contribution is 8.00. The Morgan fingerprint density at radius 3 is 2.88 bits per heavy atom. The minimum Gasteiger partial charge on any atom is -0.441 e. The summed E-state index contributed by atoms with van der Waals surface area (Å²) in [6.45, 7) is 6.77. The van der Waals surface area contributed by atoms with Gasteiger partial charge >= 0.3 is 0 Å². The molecule has 3 nitrogen and oxygen atoms in total. The van der Waals surface area contributed by atoms with E-state index < -0.39 is 0 Å². The van der Waals surface area contributed by atoms with Crippen LogP contribution in [-0.2, 0) is 0 Å². The molecule has 0 saturated carbocycles. The predicted octanol–water partition coefficient (Wildman–Crippen LogP) is 2.97. The van der Waals surface area contributed by atoms with Crippen LogP contribution in [0.4, 0.5) is 0 Å². The molecule has 0 fully saturated rings. The summed E-state index contributed by atoms with van der Waals surface area (Å²) in [6.07, 6.45) is 0. The molecule has 0 amide bonds. The smallest absolute Gasteiger partial charge is 0.192 e. The summed E-state index contributed by atoms with van der Waals surface area (Å²) < 4.78 is 5.48. The number of hydrogen-bond donors (Lipinski definition) is 1. The van der Waals surface area contributed by atoms with E-state index in [1.165, 1.54) is 4.90 Å². The summed E-state index contributed by atoms with van der Waals surface area (Å²) in [4.78, 5) is 5.50. The van der Waals surface area contributed by atoms with Gasteiger partial charge in [-0.3, -0.25) is 0 Å². The first-order valence-electron chi connectivity index (χ1n) is 5.26. The molecule has 0 aliphatic heterocycles. The van der Waals surface area contributed by atoms with Gasteiger partial charge in [0.15, 0.2) is 11.5 Å². The molecule has 0 radical (unpaired) electrons. The molecule has 1 heterocycles. The molecule has 0 atom stereocenters. The summed E-state index contributed by atoms with van der Waals surface area (Å²) in [5.74, 6) is 0.704. The molecule has 2 N–H and O–H groups in total. The van der Waals surface area contributed by atoms with E-state index in [0.717, 1.165) is 11.1 Å². The van der Waals surface area contributed by atoms with Gasteiger partial charge in [0.2, 0.25) is 0 Å². The van der Waals surface area contributed by atoms with Gasteiger partial charge in [0.1, 0.15) is 5.52 Å². The lowest BCUT2D eigenvalue weighted by molar-refractivity contribution is 0.561. The van der Waals surface area contributed by atoms with Crippen molar-refractivity contribution in [1.29, 1.82) is 0 Å². The summed E-state index contributed by atoms with van der Waals surface area (Å²) in [7, 11) is 0. The van der Waals surface area contributed by atoms with E-state index in [4.69, 9.17) is 10.2 Å². The first-order valence-corrected chi connectivity index (χ1v) is 6.08. The van der Waals surface area contributed by atoms with Crippen molar-refractivity contribution in [2.75, 3.05) is 6.54 Å². The molecule has 0 aliphatic carbocycles. The third kappa shape index (κ3) is 2.39. The molecular weight excluding hydrogens is 220 g/mol. The molecule has 1 aromatic carbocycles. The zero-order valence-electron chi connectivity index (χ0n) is 9.78. The Balaban J connectivity index is 2.32. The van der Waals surface area contributed by atoms with Crippen LogP contribution in [0.3, 0.4) is 0 Å². The van der Waals surface area contributed by atoms with E-state index in [-0.39, 0.29) is 4.75 Å². The number of aromatic nitrogens is 1. The van der Waals surface area contributed by atoms with Crippen LogP contribution >= 0.6 is 11.8 Å². The molecule has 4 heteroatoms. The van der Waals surface area contributed by atoms with E-state index in [0.29, 0.717) is 12.4 Å². The lowest BCUT2D eigenvalue weighted by Gasteiger charge is -2.21. The van der Waals surface area contributed by atoms with Gasteiger partial charge < -0.3 is 10.2 Å². The van der Waals surface area contributed by atoms with E-state index in [1.54, 1.807) is 11.8 Å². The SMILES string of the molecule is Cc1nc2cc(SC(C)(C)CN)ccc2o1. The second-order valence-corrected chi connectivity index (χ2v) is 6.21.